The maximum Gasteiger partial charge on any atom is 0.216 e. The van der Waals surface area contributed by atoms with E-state index in [1.54, 1.807) is 6.92 Å². The molecule has 0 saturated carbocycles. The predicted octanol–water partition coefficient (Wildman–Crippen LogP) is -0.155. The Kier molecular flexibility index (Phi) is 4.78. The summed E-state index contributed by atoms with van der Waals surface area (Å²) in [7, 11) is 0. The first kappa shape index (κ1) is 10.5. The van der Waals surface area contributed by atoms with Gasteiger partial charge in [-0.2, -0.15) is 0 Å². The van der Waals surface area contributed by atoms with E-state index < -0.39 is 0 Å². The SMILES string of the molecule is CC(=O)NCCCN1CCOCC1. The molecule has 1 heterocycles. The molecule has 1 amide bonds. The molecule has 0 radical (unpaired) electrons. The summed E-state index contributed by atoms with van der Waals surface area (Å²) in [5.74, 6) is 0.0574. The molecule has 0 spiro atoms. The van der Waals surface area contributed by atoms with Gasteiger partial charge in [0, 0.05) is 26.6 Å². The molecule has 0 aromatic rings. The Bertz CT molecular complexity index is 156. The molecule has 0 atom stereocenters. The minimum Gasteiger partial charge on any atom is -0.379 e. The van der Waals surface area contributed by atoms with Crippen LogP contribution in [-0.2, 0) is 9.53 Å². The van der Waals surface area contributed by atoms with Gasteiger partial charge in [-0.15, -0.1) is 0 Å². The lowest BCUT2D eigenvalue weighted by atomic mass is 10.3. The van der Waals surface area contributed by atoms with E-state index in [1.807, 2.05) is 0 Å². The van der Waals surface area contributed by atoms with Crippen LogP contribution in [0.1, 0.15) is 13.3 Å². The Hall–Kier alpha value is -0.610. The van der Waals surface area contributed by atoms with E-state index >= 15 is 0 Å². The number of rotatable bonds is 4. The lowest BCUT2D eigenvalue weighted by Crippen LogP contribution is -2.38. The van der Waals surface area contributed by atoms with Crippen LogP contribution in [0.25, 0.3) is 0 Å². The Balaban J connectivity index is 1.95. The number of hydrogen-bond donors (Lipinski definition) is 1. The van der Waals surface area contributed by atoms with Crippen molar-refractivity contribution >= 4 is 5.91 Å². The molecule has 4 nitrogen and oxygen atoms in total. The van der Waals surface area contributed by atoms with E-state index in [-0.39, 0.29) is 5.91 Å². The van der Waals surface area contributed by atoms with Crippen molar-refractivity contribution in [1.82, 2.24) is 10.2 Å². The summed E-state index contributed by atoms with van der Waals surface area (Å²) in [5.41, 5.74) is 0. The van der Waals surface area contributed by atoms with E-state index in [0.717, 1.165) is 45.8 Å². The number of nitrogens with one attached hydrogen (secondary N) is 1. The van der Waals surface area contributed by atoms with Crippen LogP contribution >= 0.6 is 0 Å². The number of morpholine rings is 1. The van der Waals surface area contributed by atoms with Crippen LogP contribution in [0.4, 0.5) is 0 Å². The predicted molar refractivity (Wildman–Crippen MR) is 50.6 cm³/mol. The average molecular weight is 186 g/mol. The molecule has 1 saturated heterocycles. The standard InChI is InChI=1S/C9H18N2O2/c1-9(12)10-3-2-4-11-5-7-13-8-6-11/h2-8H2,1H3,(H,10,12). The average Bonchev–Trinajstić information content (AvgIpc) is 2.14. The zero-order valence-corrected chi connectivity index (χ0v) is 8.21. The van der Waals surface area contributed by atoms with Crippen molar-refractivity contribution in [3.8, 4) is 0 Å². The molecule has 0 unspecified atom stereocenters. The Morgan fingerprint density at radius 3 is 2.77 bits per heavy atom. The molecule has 0 aliphatic carbocycles. The summed E-state index contributed by atoms with van der Waals surface area (Å²) in [5, 5.41) is 2.79. The third-order valence-corrected chi connectivity index (χ3v) is 2.13. The van der Waals surface area contributed by atoms with Gasteiger partial charge in [-0.1, -0.05) is 0 Å². The Morgan fingerprint density at radius 1 is 1.46 bits per heavy atom. The van der Waals surface area contributed by atoms with Gasteiger partial charge in [0.25, 0.3) is 0 Å². The largest absolute Gasteiger partial charge is 0.379 e. The van der Waals surface area contributed by atoms with Crippen LogP contribution < -0.4 is 5.32 Å². The molecule has 4 heteroatoms. The van der Waals surface area contributed by atoms with E-state index in [9.17, 15) is 4.79 Å². The van der Waals surface area contributed by atoms with E-state index in [2.05, 4.69) is 10.2 Å². The van der Waals surface area contributed by atoms with Gasteiger partial charge >= 0.3 is 0 Å². The van der Waals surface area contributed by atoms with Gasteiger partial charge in [-0.25, -0.2) is 0 Å². The van der Waals surface area contributed by atoms with Crippen LogP contribution in [0, 0.1) is 0 Å². The van der Waals surface area contributed by atoms with Crippen molar-refractivity contribution in [3.63, 3.8) is 0 Å². The lowest BCUT2D eigenvalue weighted by molar-refractivity contribution is -0.118. The minimum atomic E-state index is 0.0574. The highest BCUT2D eigenvalue weighted by Gasteiger charge is 2.08. The maximum absolute atomic E-state index is 10.6. The number of carbonyl (C=O) groups excluding carboxylic acids is 1. The lowest BCUT2D eigenvalue weighted by Gasteiger charge is -2.26. The van der Waals surface area contributed by atoms with Crippen LogP contribution in [-0.4, -0.2) is 50.2 Å². The van der Waals surface area contributed by atoms with Crippen molar-refractivity contribution in [2.45, 2.75) is 13.3 Å². The summed E-state index contributed by atoms with van der Waals surface area (Å²) < 4.78 is 5.23. The number of carbonyl (C=O) groups is 1. The molecule has 1 N–H and O–H groups in total. The van der Waals surface area contributed by atoms with Gasteiger partial charge < -0.3 is 10.1 Å². The molecular formula is C9H18N2O2. The first-order chi connectivity index (χ1) is 6.29. The normalized spacial score (nSPS) is 18.5. The molecule has 1 fully saturated rings. The van der Waals surface area contributed by atoms with Crippen molar-refractivity contribution in [2.75, 3.05) is 39.4 Å². The first-order valence-corrected chi connectivity index (χ1v) is 4.83. The monoisotopic (exact) mass is 186 g/mol. The highest BCUT2D eigenvalue weighted by Crippen LogP contribution is 1.96. The number of amides is 1. The molecule has 0 aromatic carbocycles. The smallest absolute Gasteiger partial charge is 0.216 e. The highest BCUT2D eigenvalue weighted by atomic mass is 16.5. The Morgan fingerprint density at radius 2 is 2.15 bits per heavy atom. The summed E-state index contributed by atoms with van der Waals surface area (Å²) in [6.45, 7) is 7.14. The van der Waals surface area contributed by atoms with Gasteiger partial charge in [-0.05, 0) is 13.0 Å². The second-order valence-corrected chi connectivity index (χ2v) is 3.29. The zero-order chi connectivity index (χ0) is 9.52. The second kappa shape index (κ2) is 5.94. The van der Waals surface area contributed by atoms with Crippen molar-refractivity contribution in [3.05, 3.63) is 0 Å². The molecule has 1 rings (SSSR count). The fourth-order valence-corrected chi connectivity index (χ4v) is 1.39. The Labute approximate surface area is 79.2 Å². The van der Waals surface area contributed by atoms with Crippen molar-refractivity contribution in [2.24, 2.45) is 0 Å². The quantitative estimate of drug-likeness (QED) is 0.621. The van der Waals surface area contributed by atoms with Crippen LogP contribution in [0.15, 0.2) is 0 Å². The third-order valence-electron chi connectivity index (χ3n) is 2.13. The van der Waals surface area contributed by atoms with Gasteiger partial charge in [0.2, 0.25) is 5.91 Å². The van der Waals surface area contributed by atoms with Gasteiger partial charge in [0.15, 0.2) is 0 Å². The fraction of sp³-hybridized carbons (Fsp3) is 0.889. The number of hydrogen-bond acceptors (Lipinski definition) is 3. The summed E-state index contributed by atoms with van der Waals surface area (Å²) in [6.07, 6.45) is 1.03. The first-order valence-electron chi connectivity index (χ1n) is 4.83. The molecule has 13 heavy (non-hydrogen) atoms. The minimum absolute atomic E-state index is 0.0574. The highest BCUT2D eigenvalue weighted by molar-refractivity contribution is 5.72. The van der Waals surface area contributed by atoms with Crippen LogP contribution in [0.5, 0.6) is 0 Å². The van der Waals surface area contributed by atoms with E-state index in [1.165, 1.54) is 0 Å². The molecule has 0 aromatic heterocycles. The number of nitrogens with zero attached hydrogens (tertiary/aromatic N) is 1. The summed E-state index contributed by atoms with van der Waals surface area (Å²) in [4.78, 5) is 12.9. The van der Waals surface area contributed by atoms with Gasteiger partial charge in [-0.3, -0.25) is 9.69 Å². The number of ether oxygens (including phenoxy) is 1. The molecule has 1 aliphatic heterocycles. The topological polar surface area (TPSA) is 41.6 Å². The summed E-state index contributed by atoms with van der Waals surface area (Å²) >= 11 is 0. The van der Waals surface area contributed by atoms with Gasteiger partial charge in [0.1, 0.15) is 0 Å². The maximum atomic E-state index is 10.6. The summed E-state index contributed by atoms with van der Waals surface area (Å²) in [6, 6.07) is 0. The second-order valence-electron chi connectivity index (χ2n) is 3.29. The van der Waals surface area contributed by atoms with Gasteiger partial charge in [0.05, 0.1) is 13.2 Å². The molecule has 0 bridgehead atoms. The van der Waals surface area contributed by atoms with E-state index in [4.69, 9.17) is 4.74 Å². The van der Waals surface area contributed by atoms with Crippen LogP contribution in [0.3, 0.4) is 0 Å². The molecular weight excluding hydrogens is 168 g/mol. The molecule has 76 valence electrons. The van der Waals surface area contributed by atoms with E-state index in [0.29, 0.717) is 0 Å². The van der Waals surface area contributed by atoms with Crippen LogP contribution in [0.2, 0.25) is 0 Å². The third kappa shape index (κ3) is 4.85. The zero-order valence-electron chi connectivity index (χ0n) is 8.21. The fourth-order valence-electron chi connectivity index (χ4n) is 1.39. The van der Waals surface area contributed by atoms with Crippen molar-refractivity contribution < 1.29 is 9.53 Å². The van der Waals surface area contributed by atoms with Crippen molar-refractivity contribution in [1.29, 1.82) is 0 Å². The molecule has 1 aliphatic rings.